The number of pyridine rings is 2. The normalized spacial score (nSPS) is 25.5. The van der Waals surface area contributed by atoms with Gasteiger partial charge < -0.3 is 14.4 Å². The average Bonchev–Trinajstić information content (AvgIpc) is 3.09. The van der Waals surface area contributed by atoms with Gasteiger partial charge in [0.15, 0.2) is 0 Å². The Morgan fingerprint density at radius 2 is 2.15 bits per heavy atom. The Morgan fingerprint density at radius 3 is 2.96 bits per heavy atom. The molecule has 1 spiro atoms. The van der Waals surface area contributed by atoms with Gasteiger partial charge in [0, 0.05) is 31.6 Å². The standard InChI is InChI=1S/C20H23N3O3/c24-19(18-4-1-2-8-22-18)23-11-3-7-20(15-23)12-17(14-26-20)25-13-16-5-9-21-10-6-16/h1-2,4-6,8-10,17H,3,7,11-15H2/t17-,20-/m0/s1. The van der Waals surface area contributed by atoms with E-state index in [1.165, 1.54) is 0 Å². The maximum atomic E-state index is 12.7. The molecular weight excluding hydrogens is 330 g/mol. The Balaban J connectivity index is 1.36. The lowest BCUT2D eigenvalue weighted by atomic mass is 9.89. The summed E-state index contributed by atoms with van der Waals surface area (Å²) >= 11 is 0. The van der Waals surface area contributed by atoms with E-state index in [1.54, 1.807) is 24.7 Å². The highest BCUT2D eigenvalue weighted by atomic mass is 16.6. The molecule has 4 rings (SSSR count). The zero-order chi connectivity index (χ0) is 17.8. The second-order valence-electron chi connectivity index (χ2n) is 7.03. The number of likely N-dealkylation sites (tertiary alicyclic amines) is 1. The van der Waals surface area contributed by atoms with Crippen LogP contribution in [-0.2, 0) is 16.1 Å². The fraction of sp³-hybridized carbons (Fsp3) is 0.450. The van der Waals surface area contributed by atoms with Gasteiger partial charge in [-0.25, -0.2) is 0 Å². The molecule has 2 aliphatic heterocycles. The maximum absolute atomic E-state index is 12.7. The Hall–Kier alpha value is -2.31. The van der Waals surface area contributed by atoms with Gasteiger partial charge in [0.1, 0.15) is 5.69 Å². The smallest absolute Gasteiger partial charge is 0.272 e. The first-order valence-corrected chi connectivity index (χ1v) is 9.09. The first-order valence-electron chi connectivity index (χ1n) is 9.09. The molecule has 26 heavy (non-hydrogen) atoms. The van der Waals surface area contributed by atoms with Crippen molar-refractivity contribution in [2.45, 2.75) is 37.6 Å². The van der Waals surface area contributed by atoms with Crippen molar-refractivity contribution in [3.8, 4) is 0 Å². The average molecular weight is 353 g/mol. The molecular formula is C20H23N3O3. The molecule has 0 N–H and O–H groups in total. The van der Waals surface area contributed by atoms with Gasteiger partial charge in [0.05, 0.1) is 31.5 Å². The van der Waals surface area contributed by atoms with E-state index in [1.807, 2.05) is 29.2 Å². The van der Waals surface area contributed by atoms with E-state index >= 15 is 0 Å². The lowest BCUT2D eigenvalue weighted by Crippen LogP contribution is -2.50. The van der Waals surface area contributed by atoms with Gasteiger partial charge >= 0.3 is 0 Å². The number of ether oxygens (including phenoxy) is 2. The maximum Gasteiger partial charge on any atom is 0.272 e. The minimum Gasteiger partial charge on any atom is -0.371 e. The molecule has 6 heteroatoms. The number of amides is 1. The summed E-state index contributed by atoms with van der Waals surface area (Å²) < 4.78 is 12.2. The Morgan fingerprint density at radius 1 is 1.27 bits per heavy atom. The number of nitrogens with zero attached hydrogens (tertiary/aromatic N) is 3. The van der Waals surface area contributed by atoms with E-state index in [4.69, 9.17) is 9.47 Å². The molecule has 0 bridgehead atoms. The van der Waals surface area contributed by atoms with Crippen LogP contribution in [-0.4, -0.2) is 52.2 Å². The first kappa shape index (κ1) is 17.1. The molecule has 0 unspecified atom stereocenters. The van der Waals surface area contributed by atoms with Crippen molar-refractivity contribution in [1.82, 2.24) is 14.9 Å². The summed E-state index contributed by atoms with van der Waals surface area (Å²) in [6, 6.07) is 9.34. The quantitative estimate of drug-likeness (QED) is 0.845. The van der Waals surface area contributed by atoms with Gasteiger partial charge in [-0.1, -0.05) is 6.07 Å². The number of carbonyl (C=O) groups excluding carboxylic acids is 1. The van der Waals surface area contributed by atoms with Crippen LogP contribution in [0.4, 0.5) is 0 Å². The second kappa shape index (κ2) is 7.51. The van der Waals surface area contributed by atoms with Gasteiger partial charge in [0.25, 0.3) is 5.91 Å². The van der Waals surface area contributed by atoms with Gasteiger partial charge in [-0.2, -0.15) is 0 Å². The number of hydrogen-bond donors (Lipinski definition) is 0. The summed E-state index contributed by atoms with van der Waals surface area (Å²) in [5, 5.41) is 0. The Bertz CT molecular complexity index is 740. The van der Waals surface area contributed by atoms with E-state index in [0.717, 1.165) is 31.4 Å². The van der Waals surface area contributed by atoms with Gasteiger partial charge in [0.2, 0.25) is 0 Å². The first-order chi connectivity index (χ1) is 12.7. The van der Waals surface area contributed by atoms with Crippen LogP contribution in [0.5, 0.6) is 0 Å². The molecule has 6 nitrogen and oxygen atoms in total. The van der Waals surface area contributed by atoms with Crippen molar-refractivity contribution in [2.24, 2.45) is 0 Å². The topological polar surface area (TPSA) is 64.6 Å². The highest BCUT2D eigenvalue weighted by Crippen LogP contribution is 2.36. The number of piperidine rings is 1. The fourth-order valence-electron chi connectivity index (χ4n) is 3.81. The molecule has 0 saturated carbocycles. The Labute approximate surface area is 153 Å². The van der Waals surface area contributed by atoms with Crippen LogP contribution in [0, 0.1) is 0 Å². The third-order valence-corrected chi connectivity index (χ3v) is 5.12. The number of hydrogen-bond acceptors (Lipinski definition) is 5. The van der Waals surface area contributed by atoms with Crippen LogP contribution in [0.25, 0.3) is 0 Å². The molecule has 2 atom stereocenters. The molecule has 2 aromatic heterocycles. The van der Waals surface area contributed by atoms with E-state index in [2.05, 4.69) is 9.97 Å². The molecule has 4 heterocycles. The minimum atomic E-state index is -0.286. The molecule has 1 amide bonds. The molecule has 0 aromatic carbocycles. The highest BCUT2D eigenvalue weighted by Gasteiger charge is 2.45. The summed E-state index contributed by atoms with van der Waals surface area (Å²) in [7, 11) is 0. The molecule has 136 valence electrons. The van der Waals surface area contributed by atoms with Crippen LogP contribution < -0.4 is 0 Å². The number of rotatable bonds is 4. The van der Waals surface area contributed by atoms with Crippen molar-refractivity contribution in [3.05, 3.63) is 60.2 Å². The number of aromatic nitrogens is 2. The predicted molar refractivity (Wildman–Crippen MR) is 95.5 cm³/mol. The van der Waals surface area contributed by atoms with Gasteiger partial charge in [-0.15, -0.1) is 0 Å². The Kier molecular flexibility index (Phi) is 4.95. The zero-order valence-electron chi connectivity index (χ0n) is 14.7. The van der Waals surface area contributed by atoms with Crippen LogP contribution >= 0.6 is 0 Å². The predicted octanol–water partition coefficient (Wildman–Crippen LogP) is 2.46. The lowest BCUT2D eigenvalue weighted by Gasteiger charge is -2.39. The summed E-state index contributed by atoms with van der Waals surface area (Å²) in [5.41, 5.74) is 1.32. The minimum absolute atomic E-state index is 0.0190. The molecule has 0 aliphatic carbocycles. The van der Waals surface area contributed by atoms with E-state index in [-0.39, 0.29) is 17.6 Å². The molecule has 2 saturated heterocycles. The zero-order valence-corrected chi connectivity index (χ0v) is 14.7. The van der Waals surface area contributed by atoms with Crippen LogP contribution in [0.15, 0.2) is 48.9 Å². The molecule has 2 fully saturated rings. The second-order valence-corrected chi connectivity index (χ2v) is 7.03. The van der Waals surface area contributed by atoms with Crippen molar-refractivity contribution in [2.75, 3.05) is 19.7 Å². The number of carbonyl (C=O) groups is 1. The summed E-state index contributed by atoms with van der Waals surface area (Å²) in [6.07, 6.45) is 7.99. The summed E-state index contributed by atoms with van der Waals surface area (Å²) in [4.78, 5) is 22.8. The van der Waals surface area contributed by atoms with Gasteiger partial charge in [-0.05, 0) is 42.7 Å². The third kappa shape index (κ3) is 3.76. The van der Waals surface area contributed by atoms with Crippen molar-refractivity contribution in [1.29, 1.82) is 0 Å². The largest absolute Gasteiger partial charge is 0.371 e. The molecule has 0 radical (unpaired) electrons. The fourth-order valence-corrected chi connectivity index (χ4v) is 3.81. The van der Waals surface area contributed by atoms with Crippen molar-refractivity contribution < 1.29 is 14.3 Å². The van der Waals surface area contributed by atoms with Crippen molar-refractivity contribution >= 4 is 5.91 Å². The van der Waals surface area contributed by atoms with Crippen LogP contribution in [0.3, 0.4) is 0 Å². The van der Waals surface area contributed by atoms with Crippen LogP contribution in [0.1, 0.15) is 35.3 Å². The van der Waals surface area contributed by atoms with E-state index in [0.29, 0.717) is 25.5 Å². The summed E-state index contributed by atoms with van der Waals surface area (Å²) in [5.74, 6) is -0.0190. The van der Waals surface area contributed by atoms with Crippen LogP contribution in [0.2, 0.25) is 0 Å². The van der Waals surface area contributed by atoms with E-state index < -0.39 is 0 Å². The molecule has 2 aliphatic rings. The highest BCUT2D eigenvalue weighted by molar-refractivity contribution is 5.92. The lowest BCUT2D eigenvalue weighted by molar-refractivity contribution is -0.0467. The summed E-state index contributed by atoms with van der Waals surface area (Å²) in [6.45, 7) is 2.50. The third-order valence-electron chi connectivity index (χ3n) is 5.12. The van der Waals surface area contributed by atoms with Crippen molar-refractivity contribution in [3.63, 3.8) is 0 Å². The monoisotopic (exact) mass is 353 g/mol. The van der Waals surface area contributed by atoms with Gasteiger partial charge in [-0.3, -0.25) is 14.8 Å². The SMILES string of the molecule is O=C(c1ccccn1)N1CCC[C@]2(C[C@H](OCc3ccncc3)CO2)C1. The van der Waals surface area contributed by atoms with E-state index in [9.17, 15) is 4.79 Å². The molecule has 2 aromatic rings.